The largest absolute Gasteiger partial charge is 0.0990 e. The molecule has 0 aliphatic heterocycles. The summed E-state index contributed by atoms with van der Waals surface area (Å²) in [6.07, 6.45) is 11.7. The highest BCUT2D eigenvalue weighted by atomic mass is 14.0. The predicted molar refractivity (Wildman–Crippen MR) is 91.1 cm³/mol. The summed E-state index contributed by atoms with van der Waals surface area (Å²) in [6.45, 7) is 23.4. The van der Waals surface area contributed by atoms with Gasteiger partial charge in [0.15, 0.2) is 0 Å². The molecule has 0 aromatic rings. The molecule has 0 aliphatic rings. The molecule has 0 spiro atoms. The van der Waals surface area contributed by atoms with Crippen LogP contribution in [0.3, 0.4) is 0 Å². The van der Waals surface area contributed by atoms with Crippen LogP contribution in [0.5, 0.6) is 0 Å². The van der Waals surface area contributed by atoms with Gasteiger partial charge in [-0.05, 0) is 25.0 Å². The summed E-state index contributed by atoms with van der Waals surface area (Å²) in [4.78, 5) is 0. The van der Waals surface area contributed by atoms with Crippen LogP contribution in [0.2, 0.25) is 0 Å². The fourth-order valence-electron chi connectivity index (χ4n) is 0.948. The fraction of sp³-hybridized carbons (Fsp3) is 0.444. The van der Waals surface area contributed by atoms with Gasteiger partial charge in [0.2, 0.25) is 0 Å². The van der Waals surface area contributed by atoms with E-state index in [4.69, 9.17) is 0 Å². The zero-order valence-corrected chi connectivity index (χ0v) is 13.9. The fourth-order valence-corrected chi connectivity index (χ4v) is 0.948. The van der Waals surface area contributed by atoms with E-state index in [0.717, 1.165) is 5.57 Å². The van der Waals surface area contributed by atoms with Crippen LogP contribution in [0.25, 0.3) is 0 Å². The van der Waals surface area contributed by atoms with E-state index in [1.807, 2.05) is 73.6 Å². The van der Waals surface area contributed by atoms with Gasteiger partial charge in [-0.3, -0.25) is 0 Å². The van der Waals surface area contributed by atoms with Gasteiger partial charge in [-0.2, -0.15) is 0 Å². The SMILES string of the molecule is C=C/C=C(C=C)/C(/C=C\C)=C/C.CC.CC.CC. The molecule has 0 amide bonds. The van der Waals surface area contributed by atoms with Crippen LogP contribution in [0.1, 0.15) is 55.4 Å². The topological polar surface area (TPSA) is 0 Å². The van der Waals surface area contributed by atoms with E-state index in [1.165, 1.54) is 5.57 Å². The van der Waals surface area contributed by atoms with Gasteiger partial charge in [0.25, 0.3) is 0 Å². The summed E-state index contributed by atoms with van der Waals surface area (Å²) in [6, 6.07) is 0. The highest BCUT2D eigenvalue weighted by Crippen LogP contribution is 2.12. The summed E-state index contributed by atoms with van der Waals surface area (Å²) in [5, 5.41) is 0. The Hall–Kier alpha value is -1.30. The number of allylic oxidation sites excluding steroid dienone is 8. The van der Waals surface area contributed by atoms with Gasteiger partial charge in [-0.15, -0.1) is 0 Å². The first-order valence-corrected chi connectivity index (χ1v) is 7.04. The van der Waals surface area contributed by atoms with Crippen LogP contribution < -0.4 is 0 Å². The van der Waals surface area contributed by atoms with E-state index in [2.05, 4.69) is 25.3 Å². The molecule has 0 N–H and O–H groups in total. The molecule has 18 heavy (non-hydrogen) atoms. The molecule has 0 aliphatic carbocycles. The third-order valence-electron chi connectivity index (χ3n) is 1.51. The summed E-state index contributed by atoms with van der Waals surface area (Å²) in [7, 11) is 0. The summed E-state index contributed by atoms with van der Waals surface area (Å²) >= 11 is 0. The highest BCUT2D eigenvalue weighted by molar-refractivity contribution is 5.46. The van der Waals surface area contributed by atoms with Crippen molar-refractivity contribution < 1.29 is 0 Å². The molecule has 0 saturated heterocycles. The predicted octanol–water partition coefficient (Wildman–Crippen LogP) is 6.89. The van der Waals surface area contributed by atoms with Crippen molar-refractivity contribution in [3.8, 4) is 0 Å². The highest BCUT2D eigenvalue weighted by Gasteiger charge is 1.92. The summed E-state index contributed by atoms with van der Waals surface area (Å²) in [5.41, 5.74) is 2.28. The Kier molecular flexibility index (Phi) is 42.0. The number of hydrogen-bond donors (Lipinski definition) is 0. The lowest BCUT2D eigenvalue weighted by Gasteiger charge is -2.00. The van der Waals surface area contributed by atoms with E-state index in [0.29, 0.717) is 0 Å². The molecule has 0 aromatic carbocycles. The van der Waals surface area contributed by atoms with Crippen molar-refractivity contribution in [3.63, 3.8) is 0 Å². The molecule has 0 radical (unpaired) electrons. The third-order valence-corrected chi connectivity index (χ3v) is 1.51. The Labute approximate surface area is 117 Å². The van der Waals surface area contributed by atoms with Gasteiger partial charge >= 0.3 is 0 Å². The molecule has 0 fully saturated rings. The second-order valence-electron chi connectivity index (χ2n) is 2.31. The lowest BCUT2D eigenvalue weighted by atomic mass is 10.1. The minimum absolute atomic E-state index is 1.10. The van der Waals surface area contributed by atoms with Crippen LogP contribution in [0.15, 0.2) is 60.8 Å². The van der Waals surface area contributed by atoms with Crippen LogP contribution in [0.4, 0.5) is 0 Å². The molecule has 0 atom stereocenters. The average Bonchev–Trinajstić information content (AvgIpc) is 2.49. The first-order valence-electron chi connectivity index (χ1n) is 7.04. The third kappa shape index (κ3) is 17.1. The summed E-state index contributed by atoms with van der Waals surface area (Å²) in [5.74, 6) is 0. The van der Waals surface area contributed by atoms with Crippen LogP contribution in [-0.2, 0) is 0 Å². The zero-order chi connectivity index (χ0) is 15.4. The maximum Gasteiger partial charge on any atom is -0.0194 e. The van der Waals surface area contributed by atoms with Crippen LogP contribution >= 0.6 is 0 Å². The quantitative estimate of drug-likeness (QED) is 0.477. The minimum atomic E-state index is 1.10. The van der Waals surface area contributed by atoms with Gasteiger partial charge in [-0.1, -0.05) is 91.2 Å². The smallest absolute Gasteiger partial charge is 0.0194 e. The average molecular weight is 250 g/mol. The van der Waals surface area contributed by atoms with Crippen molar-refractivity contribution in [2.24, 2.45) is 0 Å². The monoisotopic (exact) mass is 250 g/mol. The molecule has 0 rings (SSSR count). The van der Waals surface area contributed by atoms with E-state index >= 15 is 0 Å². The number of rotatable bonds is 4. The molecule has 0 bridgehead atoms. The maximum absolute atomic E-state index is 3.74. The molecule has 106 valence electrons. The Morgan fingerprint density at radius 1 is 0.778 bits per heavy atom. The van der Waals surface area contributed by atoms with Crippen molar-refractivity contribution in [3.05, 3.63) is 60.8 Å². The molecule has 0 unspecified atom stereocenters. The Balaban J connectivity index is -0.000000141. The van der Waals surface area contributed by atoms with Crippen molar-refractivity contribution >= 4 is 0 Å². The first-order chi connectivity index (χ1) is 8.79. The van der Waals surface area contributed by atoms with Gasteiger partial charge in [0, 0.05) is 0 Å². The Morgan fingerprint density at radius 2 is 1.22 bits per heavy atom. The summed E-state index contributed by atoms with van der Waals surface area (Å²) < 4.78 is 0. The molecular weight excluding hydrogens is 216 g/mol. The molecular formula is C18H34. The molecule has 0 nitrogen and oxygen atoms in total. The molecule has 0 heteroatoms. The number of hydrogen-bond acceptors (Lipinski definition) is 0. The van der Waals surface area contributed by atoms with Gasteiger partial charge in [0.05, 0.1) is 0 Å². The minimum Gasteiger partial charge on any atom is -0.0990 e. The van der Waals surface area contributed by atoms with Gasteiger partial charge < -0.3 is 0 Å². The van der Waals surface area contributed by atoms with E-state index in [-0.39, 0.29) is 0 Å². The van der Waals surface area contributed by atoms with Crippen molar-refractivity contribution in [1.82, 2.24) is 0 Å². The lowest BCUT2D eigenvalue weighted by Crippen LogP contribution is -1.80. The van der Waals surface area contributed by atoms with E-state index < -0.39 is 0 Å². The second-order valence-corrected chi connectivity index (χ2v) is 2.31. The van der Waals surface area contributed by atoms with E-state index in [9.17, 15) is 0 Å². The van der Waals surface area contributed by atoms with E-state index in [1.54, 1.807) is 6.08 Å². The van der Waals surface area contributed by atoms with Gasteiger partial charge in [0.1, 0.15) is 0 Å². The zero-order valence-electron chi connectivity index (χ0n) is 13.9. The van der Waals surface area contributed by atoms with Crippen molar-refractivity contribution in [2.45, 2.75) is 55.4 Å². The van der Waals surface area contributed by atoms with Crippen molar-refractivity contribution in [1.29, 1.82) is 0 Å². The first kappa shape index (κ1) is 25.5. The van der Waals surface area contributed by atoms with Crippen LogP contribution in [-0.4, -0.2) is 0 Å². The van der Waals surface area contributed by atoms with Gasteiger partial charge in [-0.25, -0.2) is 0 Å². The lowest BCUT2D eigenvalue weighted by molar-refractivity contribution is 1.49. The van der Waals surface area contributed by atoms with Crippen molar-refractivity contribution in [2.75, 3.05) is 0 Å². The Morgan fingerprint density at radius 3 is 1.44 bits per heavy atom. The standard InChI is InChI=1S/C12H16.3C2H6/c1-5-9-11(7-3)12(8-4)10-6-2;3*1-2/h5-10H,1,3H2,2,4H3;3*1-2H3/b10-6-,11-9+,12-8+;;;. The second kappa shape index (κ2) is 29.6. The normalized spacial score (nSPS) is 10.0. The van der Waals surface area contributed by atoms with Crippen LogP contribution in [0, 0.1) is 0 Å². The molecule has 0 saturated carbocycles. The maximum atomic E-state index is 3.74. The molecule has 0 heterocycles. The Bertz CT molecular complexity index is 237. The molecule has 0 aromatic heterocycles.